The van der Waals surface area contributed by atoms with Crippen LogP contribution in [0.4, 0.5) is 0 Å². The maximum absolute atomic E-state index is 5.83. The van der Waals surface area contributed by atoms with Gasteiger partial charge in [0.05, 0.1) is 6.61 Å². The Morgan fingerprint density at radius 3 is 2.43 bits per heavy atom. The minimum atomic E-state index is 0.440. The van der Waals surface area contributed by atoms with E-state index in [4.69, 9.17) is 16.3 Å². The van der Waals surface area contributed by atoms with Crippen LogP contribution >= 0.6 is 0 Å². The average molecular weight is 319 g/mol. The van der Waals surface area contributed by atoms with Gasteiger partial charge in [0.1, 0.15) is 11.6 Å². The van der Waals surface area contributed by atoms with Gasteiger partial charge >= 0.3 is 0 Å². The highest BCUT2D eigenvalue weighted by atomic mass is 16.5. The van der Waals surface area contributed by atoms with Crippen molar-refractivity contribution in [3.63, 3.8) is 0 Å². The molecular weight excluding hydrogens is 290 g/mol. The molecule has 0 radical (unpaired) electrons. The molecule has 1 aromatic carbocycles. The minimum absolute atomic E-state index is 0.440. The molecule has 0 unspecified atom stereocenters. The van der Waals surface area contributed by atoms with Gasteiger partial charge in [-0.05, 0) is 36.7 Å². The van der Waals surface area contributed by atoms with E-state index < -0.39 is 0 Å². The summed E-state index contributed by atoms with van der Waals surface area (Å²) in [7, 11) is 0. The Kier molecular flexibility index (Phi) is 6.67. The Hall–Kier alpha value is -1.79. The van der Waals surface area contributed by atoms with Crippen molar-refractivity contribution in [2.24, 2.45) is 16.7 Å². The number of benzene rings is 1. The second kappa shape index (κ2) is 8.74. The zero-order valence-electron chi connectivity index (χ0n) is 14.3. The molecule has 0 amide bonds. The summed E-state index contributed by atoms with van der Waals surface area (Å²) in [6.07, 6.45) is 0.557. The third kappa shape index (κ3) is 5.11. The molecule has 2 rings (SSSR count). The maximum atomic E-state index is 5.83. The Bertz CT molecular complexity index is 524. The van der Waals surface area contributed by atoms with E-state index in [2.05, 4.69) is 34.0 Å². The van der Waals surface area contributed by atoms with Crippen LogP contribution in [0.1, 0.15) is 25.0 Å². The number of amidine groups is 1. The molecule has 0 spiro atoms. The molecular formula is C17H29N5O. The second-order valence-corrected chi connectivity index (χ2v) is 5.87. The van der Waals surface area contributed by atoms with E-state index in [1.807, 2.05) is 13.0 Å². The molecule has 1 fully saturated rings. The Balaban J connectivity index is 2.10. The van der Waals surface area contributed by atoms with E-state index in [1.54, 1.807) is 0 Å². The van der Waals surface area contributed by atoms with Crippen LogP contribution in [0.2, 0.25) is 0 Å². The maximum Gasteiger partial charge on any atom is 0.123 e. The van der Waals surface area contributed by atoms with Gasteiger partial charge in [0, 0.05) is 39.1 Å². The lowest BCUT2D eigenvalue weighted by atomic mass is 10.0. The number of nitrogens with two attached hydrogens (primary N) is 2. The van der Waals surface area contributed by atoms with E-state index in [-0.39, 0.29) is 0 Å². The molecule has 0 saturated carbocycles. The van der Waals surface area contributed by atoms with Gasteiger partial charge in [0.25, 0.3) is 0 Å². The number of piperazine rings is 1. The predicted molar refractivity (Wildman–Crippen MR) is 94.5 cm³/mol. The van der Waals surface area contributed by atoms with Gasteiger partial charge in [-0.3, -0.25) is 4.90 Å². The predicted octanol–water partition coefficient (Wildman–Crippen LogP) is 0.996. The van der Waals surface area contributed by atoms with Crippen LogP contribution in [0.25, 0.3) is 0 Å². The van der Waals surface area contributed by atoms with E-state index in [0.717, 1.165) is 50.6 Å². The fraction of sp³-hybridized carbons (Fsp3) is 0.588. The number of nitrogens with zero attached hydrogens (tertiary/aromatic N) is 3. The van der Waals surface area contributed by atoms with Gasteiger partial charge in [-0.1, -0.05) is 13.0 Å². The number of hydrogen-bond donors (Lipinski definition) is 2. The van der Waals surface area contributed by atoms with Gasteiger partial charge in [-0.15, -0.1) is 0 Å². The van der Waals surface area contributed by atoms with Crippen molar-refractivity contribution in [2.75, 3.05) is 39.3 Å². The van der Waals surface area contributed by atoms with Crippen LogP contribution in [0.15, 0.2) is 23.3 Å². The summed E-state index contributed by atoms with van der Waals surface area (Å²) in [6, 6.07) is 6.22. The topological polar surface area (TPSA) is 80.1 Å². The van der Waals surface area contributed by atoms with Gasteiger partial charge in [-0.2, -0.15) is 5.10 Å². The molecule has 1 saturated heterocycles. The molecule has 0 aliphatic carbocycles. The first kappa shape index (κ1) is 17.6. The van der Waals surface area contributed by atoms with Crippen LogP contribution in [-0.2, 0) is 13.0 Å². The molecule has 23 heavy (non-hydrogen) atoms. The summed E-state index contributed by atoms with van der Waals surface area (Å²) >= 11 is 0. The summed E-state index contributed by atoms with van der Waals surface area (Å²) in [4.78, 5) is 4.97. The number of hydrogen-bond acceptors (Lipinski definition) is 5. The molecule has 6 heteroatoms. The first-order valence-corrected chi connectivity index (χ1v) is 8.37. The van der Waals surface area contributed by atoms with Crippen LogP contribution in [0, 0.1) is 0 Å². The minimum Gasteiger partial charge on any atom is -0.494 e. The molecule has 0 atom stereocenters. The van der Waals surface area contributed by atoms with Crippen LogP contribution in [-0.4, -0.2) is 55.0 Å². The summed E-state index contributed by atoms with van der Waals surface area (Å²) in [5.74, 6) is 6.61. The molecule has 6 nitrogen and oxygen atoms in total. The first-order chi connectivity index (χ1) is 11.2. The number of likely N-dealkylation sites (N-methyl/N-ethyl adjacent to an activating group) is 1. The highest BCUT2D eigenvalue weighted by molar-refractivity contribution is 5.82. The molecule has 0 aromatic heterocycles. The van der Waals surface area contributed by atoms with E-state index >= 15 is 0 Å². The molecule has 4 N–H and O–H groups in total. The lowest BCUT2D eigenvalue weighted by molar-refractivity contribution is 0.131. The average Bonchev–Trinajstić information content (AvgIpc) is 2.58. The highest BCUT2D eigenvalue weighted by Gasteiger charge is 2.17. The van der Waals surface area contributed by atoms with Gasteiger partial charge < -0.3 is 21.2 Å². The van der Waals surface area contributed by atoms with Crippen LogP contribution < -0.4 is 16.3 Å². The molecule has 1 heterocycles. The van der Waals surface area contributed by atoms with Gasteiger partial charge in [0.15, 0.2) is 0 Å². The van der Waals surface area contributed by atoms with Crippen molar-refractivity contribution in [2.45, 2.75) is 26.8 Å². The zero-order chi connectivity index (χ0) is 16.7. The summed E-state index contributed by atoms with van der Waals surface area (Å²) in [5.41, 5.74) is 8.24. The smallest absolute Gasteiger partial charge is 0.123 e. The second-order valence-electron chi connectivity index (χ2n) is 5.87. The van der Waals surface area contributed by atoms with Crippen molar-refractivity contribution in [1.29, 1.82) is 0 Å². The molecule has 1 aromatic rings. The van der Waals surface area contributed by atoms with Crippen molar-refractivity contribution in [3.8, 4) is 5.75 Å². The molecule has 1 aliphatic heterocycles. The Labute approximate surface area is 139 Å². The zero-order valence-corrected chi connectivity index (χ0v) is 14.3. The van der Waals surface area contributed by atoms with Gasteiger partial charge in [-0.25, -0.2) is 0 Å². The largest absolute Gasteiger partial charge is 0.494 e. The first-order valence-electron chi connectivity index (χ1n) is 8.37. The Morgan fingerprint density at radius 2 is 1.83 bits per heavy atom. The third-order valence-electron chi connectivity index (χ3n) is 4.33. The van der Waals surface area contributed by atoms with Crippen LogP contribution in [0.5, 0.6) is 5.75 Å². The highest BCUT2D eigenvalue weighted by Crippen LogP contribution is 2.21. The summed E-state index contributed by atoms with van der Waals surface area (Å²) in [6.45, 7) is 11.4. The van der Waals surface area contributed by atoms with Crippen molar-refractivity contribution in [3.05, 3.63) is 29.3 Å². The van der Waals surface area contributed by atoms with Crippen molar-refractivity contribution >= 4 is 5.84 Å². The summed E-state index contributed by atoms with van der Waals surface area (Å²) < 4.78 is 5.60. The quantitative estimate of drug-likeness (QED) is 0.339. The fourth-order valence-corrected chi connectivity index (χ4v) is 2.92. The monoisotopic (exact) mass is 319 g/mol. The molecule has 1 aliphatic rings. The van der Waals surface area contributed by atoms with E-state index in [0.29, 0.717) is 18.9 Å². The van der Waals surface area contributed by atoms with E-state index in [9.17, 15) is 0 Å². The standard InChI is InChI=1S/C17H29N5O/c1-3-21-7-9-22(10-8-21)13-14-5-6-16(23-4-2)11-15(14)12-17(18)20-19/h5-6,11H,3-4,7-10,12-13,19H2,1-2H3,(H2,18,20). The normalized spacial score (nSPS) is 17.4. The van der Waals surface area contributed by atoms with E-state index in [1.165, 1.54) is 5.56 Å². The summed E-state index contributed by atoms with van der Waals surface area (Å²) in [5, 5.41) is 3.60. The fourth-order valence-electron chi connectivity index (χ4n) is 2.92. The molecule has 0 bridgehead atoms. The van der Waals surface area contributed by atoms with Crippen molar-refractivity contribution < 1.29 is 4.74 Å². The number of rotatable bonds is 7. The third-order valence-corrected chi connectivity index (χ3v) is 4.33. The van der Waals surface area contributed by atoms with Crippen LogP contribution in [0.3, 0.4) is 0 Å². The van der Waals surface area contributed by atoms with Gasteiger partial charge in [0.2, 0.25) is 0 Å². The Morgan fingerprint density at radius 1 is 1.13 bits per heavy atom. The number of hydrazone groups is 1. The molecule has 128 valence electrons. The lowest BCUT2D eigenvalue weighted by Gasteiger charge is -2.34. The van der Waals surface area contributed by atoms with Crippen molar-refractivity contribution in [1.82, 2.24) is 9.80 Å². The lowest BCUT2D eigenvalue weighted by Crippen LogP contribution is -2.45. The number of ether oxygens (including phenoxy) is 1. The SMILES string of the molecule is CCOc1ccc(CN2CCN(CC)CC2)c(CC(N)=NN)c1.